The summed E-state index contributed by atoms with van der Waals surface area (Å²) in [7, 11) is -1.27. The summed E-state index contributed by atoms with van der Waals surface area (Å²) in [6.07, 6.45) is -0.390. The molecule has 1 aliphatic carbocycles. The second-order valence-electron chi connectivity index (χ2n) is 9.09. The SMILES string of the molecule is CC1CC(NS(C)=O)C2COC3CCC(CC3)c3ccc(OC(F)(F)F)c(n3)OCCOC(=O)N12. The van der Waals surface area contributed by atoms with E-state index in [1.807, 2.05) is 6.92 Å². The van der Waals surface area contributed by atoms with Gasteiger partial charge in [0.1, 0.15) is 13.2 Å². The molecule has 1 N–H and O–H groups in total. The smallest absolute Gasteiger partial charge is 0.471 e. The summed E-state index contributed by atoms with van der Waals surface area (Å²) < 4.78 is 74.6. The highest BCUT2D eigenvalue weighted by Crippen LogP contribution is 2.38. The lowest BCUT2D eigenvalue weighted by Crippen LogP contribution is -2.50. The molecule has 1 amide bonds. The van der Waals surface area contributed by atoms with Crippen molar-refractivity contribution in [3.63, 3.8) is 0 Å². The number of hydrogen-bond acceptors (Lipinski definition) is 7. The maximum Gasteiger partial charge on any atom is 0.573 e. The molecule has 3 aliphatic heterocycles. The summed E-state index contributed by atoms with van der Waals surface area (Å²) in [6, 6.07) is 1.97. The monoisotopic (exact) mass is 521 g/mol. The van der Waals surface area contributed by atoms with Gasteiger partial charge in [-0.05, 0) is 51.2 Å². The number of carbonyl (C=O) groups excluding carboxylic acids is 1. The first-order valence-corrected chi connectivity index (χ1v) is 13.2. The highest BCUT2D eigenvalue weighted by Gasteiger charge is 2.44. The number of aromatic nitrogens is 1. The largest absolute Gasteiger partial charge is 0.573 e. The van der Waals surface area contributed by atoms with Crippen molar-refractivity contribution < 1.29 is 41.1 Å². The minimum atomic E-state index is -4.90. The van der Waals surface area contributed by atoms with E-state index in [2.05, 4.69) is 14.4 Å². The van der Waals surface area contributed by atoms with Crippen molar-refractivity contribution in [2.24, 2.45) is 0 Å². The Kier molecular flexibility index (Phi) is 8.06. The molecule has 1 saturated heterocycles. The number of carbonyl (C=O) groups is 1. The van der Waals surface area contributed by atoms with Gasteiger partial charge in [0.05, 0.1) is 29.7 Å². The quantitative estimate of drug-likeness (QED) is 0.652. The molecule has 9 nitrogen and oxygen atoms in total. The van der Waals surface area contributed by atoms with E-state index >= 15 is 0 Å². The summed E-state index contributed by atoms with van der Waals surface area (Å²) in [5.41, 5.74) is 0.627. The molecule has 196 valence electrons. The average Bonchev–Trinajstić information content (AvgIpc) is 3.08. The molecule has 13 heteroatoms. The average molecular weight is 522 g/mol. The van der Waals surface area contributed by atoms with E-state index in [9.17, 15) is 22.2 Å². The van der Waals surface area contributed by atoms with Gasteiger partial charge < -0.3 is 18.9 Å². The van der Waals surface area contributed by atoms with Crippen molar-refractivity contribution in [1.82, 2.24) is 14.6 Å². The Morgan fingerprint density at radius 3 is 2.57 bits per heavy atom. The number of nitrogens with zero attached hydrogens (tertiary/aromatic N) is 2. The van der Waals surface area contributed by atoms with Crippen molar-refractivity contribution in [1.29, 1.82) is 0 Å². The number of nitrogens with one attached hydrogen (secondary N) is 1. The molecule has 4 atom stereocenters. The zero-order valence-corrected chi connectivity index (χ0v) is 20.4. The fourth-order valence-electron chi connectivity index (χ4n) is 5.09. The molecule has 0 radical (unpaired) electrons. The predicted molar refractivity (Wildman–Crippen MR) is 119 cm³/mol. The number of rotatable bonds is 3. The van der Waals surface area contributed by atoms with Crippen LogP contribution in [-0.4, -0.2) is 76.9 Å². The maximum atomic E-state index is 12.9. The third-order valence-electron chi connectivity index (χ3n) is 6.64. The van der Waals surface area contributed by atoms with E-state index in [1.165, 1.54) is 12.1 Å². The Morgan fingerprint density at radius 1 is 1.17 bits per heavy atom. The number of amides is 1. The van der Waals surface area contributed by atoms with Gasteiger partial charge in [-0.1, -0.05) is 0 Å². The third-order valence-corrected chi connectivity index (χ3v) is 7.27. The molecule has 5 rings (SSSR count). The highest BCUT2D eigenvalue weighted by molar-refractivity contribution is 7.82. The second-order valence-corrected chi connectivity index (χ2v) is 10.2. The molecule has 0 spiro atoms. The van der Waals surface area contributed by atoms with Gasteiger partial charge in [-0.2, -0.15) is 0 Å². The first kappa shape index (κ1) is 26.0. The number of alkyl halides is 3. The highest BCUT2D eigenvalue weighted by atomic mass is 32.2. The lowest BCUT2D eigenvalue weighted by Gasteiger charge is -2.33. The van der Waals surface area contributed by atoms with Crippen LogP contribution < -0.4 is 14.2 Å². The van der Waals surface area contributed by atoms with Crippen molar-refractivity contribution in [2.75, 3.05) is 26.1 Å². The predicted octanol–water partition coefficient (Wildman–Crippen LogP) is 3.27. The van der Waals surface area contributed by atoms with Gasteiger partial charge in [-0.25, -0.2) is 18.7 Å². The lowest BCUT2D eigenvalue weighted by atomic mass is 9.85. The fraction of sp³-hybridized carbons (Fsp3) is 0.727. The standard InChI is InChI=1S/C22H30F3N3O6S/c1-13-11-17(27-35(2)30)18-12-33-15-5-3-14(4-6-15)16-7-8-19(34-22(23,24)25)20(26-16)31-9-10-32-21(29)28(13)18/h7-8,13-15,17-18,27H,3-6,9-12H2,1-2H3. The molecule has 0 aromatic carbocycles. The fourth-order valence-corrected chi connectivity index (χ4v) is 5.77. The zero-order valence-electron chi connectivity index (χ0n) is 19.6. The number of hydrogen-bond donors (Lipinski definition) is 1. The summed E-state index contributed by atoms with van der Waals surface area (Å²) in [5.74, 6) is -0.772. The van der Waals surface area contributed by atoms with Gasteiger partial charge in [-0.3, -0.25) is 4.90 Å². The van der Waals surface area contributed by atoms with Gasteiger partial charge in [0.25, 0.3) is 5.88 Å². The van der Waals surface area contributed by atoms with E-state index in [4.69, 9.17) is 14.2 Å². The first-order chi connectivity index (χ1) is 16.6. The molecule has 4 aliphatic rings. The van der Waals surface area contributed by atoms with E-state index in [0.29, 0.717) is 12.1 Å². The summed E-state index contributed by atoms with van der Waals surface area (Å²) in [5, 5.41) is 0. The number of fused-ring (bicyclic) bond motifs is 7. The van der Waals surface area contributed by atoms with Gasteiger partial charge in [-0.15, -0.1) is 13.2 Å². The molecule has 4 bridgehead atoms. The van der Waals surface area contributed by atoms with Crippen LogP contribution in [-0.2, 0) is 20.5 Å². The van der Waals surface area contributed by atoms with E-state index in [-0.39, 0.29) is 55.8 Å². The maximum absolute atomic E-state index is 12.9. The lowest BCUT2D eigenvalue weighted by molar-refractivity contribution is -0.275. The van der Waals surface area contributed by atoms with Crippen LogP contribution in [0.5, 0.6) is 11.6 Å². The molecule has 1 aromatic heterocycles. The van der Waals surface area contributed by atoms with Crippen molar-refractivity contribution in [3.8, 4) is 11.6 Å². The van der Waals surface area contributed by atoms with Crippen LogP contribution in [0, 0.1) is 0 Å². The van der Waals surface area contributed by atoms with Crippen LogP contribution >= 0.6 is 0 Å². The van der Waals surface area contributed by atoms with Crippen molar-refractivity contribution in [3.05, 3.63) is 17.8 Å². The van der Waals surface area contributed by atoms with Crippen LogP contribution in [0.25, 0.3) is 0 Å². The molecule has 1 aromatic rings. The minimum Gasteiger partial charge on any atom is -0.471 e. The zero-order chi connectivity index (χ0) is 25.2. The summed E-state index contributed by atoms with van der Waals surface area (Å²) >= 11 is 0. The van der Waals surface area contributed by atoms with Crippen LogP contribution in [0.3, 0.4) is 0 Å². The topological polar surface area (TPSA) is 99.2 Å². The van der Waals surface area contributed by atoms with Gasteiger partial charge in [0, 0.05) is 30.0 Å². The Bertz CT molecular complexity index is 928. The van der Waals surface area contributed by atoms with Gasteiger partial charge in [0.15, 0.2) is 5.75 Å². The molecule has 4 heterocycles. The van der Waals surface area contributed by atoms with E-state index in [0.717, 1.165) is 25.7 Å². The normalized spacial score (nSPS) is 30.8. The van der Waals surface area contributed by atoms with Crippen LogP contribution in [0.4, 0.5) is 18.0 Å². The molecular weight excluding hydrogens is 491 g/mol. The first-order valence-electron chi connectivity index (χ1n) is 11.7. The minimum absolute atomic E-state index is 0.0238. The Morgan fingerprint density at radius 2 is 1.89 bits per heavy atom. The number of halogens is 3. The third kappa shape index (κ3) is 6.56. The summed E-state index contributed by atoms with van der Waals surface area (Å²) in [6.45, 7) is 1.76. The molecular formula is C22H30F3N3O6S. The van der Waals surface area contributed by atoms with Gasteiger partial charge >= 0.3 is 12.5 Å². The molecule has 1 saturated carbocycles. The van der Waals surface area contributed by atoms with Gasteiger partial charge in [0.2, 0.25) is 0 Å². The molecule has 4 unspecified atom stereocenters. The van der Waals surface area contributed by atoms with Crippen LogP contribution in [0.15, 0.2) is 12.1 Å². The Hall–Kier alpha value is -2.12. The number of pyridine rings is 1. The summed E-state index contributed by atoms with van der Waals surface area (Å²) in [4.78, 5) is 18.8. The Balaban J connectivity index is 1.56. The van der Waals surface area contributed by atoms with Crippen LogP contribution in [0.1, 0.15) is 50.6 Å². The second kappa shape index (κ2) is 10.9. The molecule has 2 fully saturated rings. The Labute approximate surface area is 204 Å². The van der Waals surface area contributed by atoms with Crippen LogP contribution in [0.2, 0.25) is 0 Å². The van der Waals surface area contributed by atoms with E-state index in [1.54, 1.807) is 11.2 Å². The number of ether oxygens (including phenoxy) is 4. The van der Waals surface area contributed by atoms with Crippen molar-refractivity contribution >= 4 is 17.1 Å². The van der Waals surface area contributed by atoms with Crippen molar-refractivity contribution in [2.45, 2.75) is 75.5 Å². The van der Waals surface area contributed by atoms with E-state index < -0.39 is 29.2 Å². The molecule has 35 heavy (non-hydrogen) atoms.